The number of fused-ring (bicyclic) bond motifs is 3. The third-order valence-corrected chi connectivity index (χ3v) is 4.89. The van der Waals surface area contributed by atoms with E-state index in [9.17, 15) is 14.9 Å². The van der Waals surface area contributed by atoms with Gasteiger partial charge in [0.25, 0.3) is 5.69 Å². The SMILES string of the molecule is CN1C(=O)CC(c2cccc([N+](=O)[O-])c2)c2c1ccc1ccccc21. The zero-order chi connectivity index (χ0) is 17.6. The number of non-ortho nitro benzene ring substituents is 1. The summed E-state index contributed by atoms with van der Waals surface area (Å²) in [6.45, 7) is 0. The molecule has 0 aliphatic carbocycles. The molecule has 0 spiro atoms. The number of amides is 1. The topological polar surface area (TPSA) is 63.5 Å². The maximum atomic E-state index is 12.5. The molecule has 0 aromatic heterocycles. The van der Waals surface area contributed by atoms with E-state index in [0.717, 1.165) is 27.6 Å². The van der Waals surface area contributed by atoms with Crippen molar-refractivity contribution in [3.8, 4) is 0 Å². The highest BCUT2D eigenvalue weighted by Crippen LogP contribution is 2.43. The summed E-state index contributed by atoms with van der Waals surface area (Å²) in [5.41, 5.74) is 2.77. The Hall–Kier alpha value is -3.21. The minimum atomic E-state index is -0.399. The first-order valence-corrected chi connectivity index (χ1v) is 8.09. The van der Waals surface area contributed by atoms with Gasteiger partial charge in [-0.3, -0.25) is 14.9 Å². The summed E-state index contributed by atoms with van der Waals surface area (Å²) in [6.07, 6.45) is 0.304. The molecule has 0 bridgehead atoms. The summed E-state index contributed by atoms with van der Waals surface area (Å²) in [4.78, 5) is 24.9. The monoisotopic (exact) mass is 332 g/mol. The number of nitrogens with zero attached hydrogens (tertiary/aromatic N) is 2. The minimum Gasteiger partial charge on any atom is -0.315 e. The van der Waals surface area contributed by atoms with Gasteiger partial charge in [0.05, 0.1) is 4.92 Å². The Balaban J connectivity index is 1.98. The van der Waals surface area contributed by atoms with Crippen LogP contribution < -0.4 is 4.90 Å². The van der Waals surface area contributed by atoms with E-state index in [4.69, 9.17) is 0 Å². The maximum absolute atomic E-state index is 12.5. The van der Waals surface area contributed by atoms with Crippen molar-refractivity contribution in [3.05, 3.63) is 81.9 Å². The second-order valence-electron chi connectivity index (χ2n) is 6.28. The number of benzene rings is 3. The maximum Gasteiger partial charge on any atom is 0.269 e. The van der Waals surface area contributed by atoms with Gasteiger partial charge in [0.15, 0.2) is 0 Å². The largest absolute Gasteiger partial charge is 0.315 e. The summed E-state index contributed by atoms with van der Waals surface area (Å²) in [5, 5.41) is 13.3. The molecule has 25 heavy (non-hydrogen) atoms. The van der Waals surface area contributed by atoms with E-state index in [-0.39, 0.29) is 17.5 Å². The number of nitro groups is 1. The first kappa shape index (κ1) is 15.3. The molecule has 3 aromatic rings. The zero-order valence-corrected chi connectivity index (χ0v) is 13.7. The van der Waals surface area contributed by atoms with E-state index in [1.807, 2.05) is 42.5 Å². The van der Waals surface area contributed by atoms with Crippen molar-refractivity contribution in [1.29, 1.82) is 0 Å². The fraction of sp³-hybridized carbons (Fsp3) is 0.150. The Kier molecular flexibility index (Phi) is 3.50. The predicted octanol–water partition coefficient (Wildman–Crippen LogP) is 4.25. The number of rotatable bonds is 2. The van der Waals surface area contributed by atoms with Gasteiger partial charge in [-0.2, -0.15) is 0 Å². The summed E-state index contributed by atoms with van der Waals surface area (Å²) >= 11 is 0. The van der Waals surface area contributed by atoms with Crippen molar-refractivity contribution in [2.24, 2.45) is 0 Å². The Labute approximate surface area is 144 Å². The molecular formula is C20H16N2O3. The number of hydrogen-bond acceptors (Lipinski definition) is 3. The molecule has 4 rings (SSSR count). The highest BCUT2D eigenvalue weighted by Gasteiger charge is 2.32. The van der Waals surface area contributed by atoms with Crippen LogP contribution in [0.5, 0.6) is 0 Å². The van der Waals surface area contributed by atoms with Crippen LogP contribution in [0.4, 0.5) is 11.4 Å². The molecule has 5 nitrogen and oxygen atoms in total. The van der Waals surface area contributed by atoms with Crippen molar-refractivity contribution in [2.75, 3.05) is 11.9 Å². The van der Waals surface area contributed by atoms with Gasteiger partial charge < -0.3 is 4.90 Å². The van der Waals surface area contributed by atoms with Crippen LogP contribution in [0.25, 0.3) is 10.8 Å². The van der Waals surface area contributed by atoms with Gasteiger partial charge in [-0.25, -0.2) is 0 Å². The standard InChI is InChI=1S/C20H16N2O3/c1-21-18-10-9-13-5-2-3-8-16(13)20(18)17(12-19(21)23)14-6-4-7-15(11-14)22(24)25/h2-11,17H,12H2,1H3. The Bertz CT molecular complexity index is 1010. The quantitative estimate of drug-likeness (QED) is 0.521. The number of hydrogen-bond donors (Lipinski definition) is 0. The predicted molar refractivity (Wildman–Crippen MR) is 96.9 cm³/mol. The van der Waals surface area contributed by atoms with Gasteiger partial charge >= 0.3 is 0 Å². The van der Waals surface area contributed by atoms with E-state index in [0.29, 0.717) is 6.42 Å². The molecule has 0 saturated heterocycles. The lowest BCUT2D eigenvalue weighted by Gasteiger charge is -2.33. The van der Waals surface area contributed by atoms with Crippen LogP contribution in [0.3, 0.4) is 0 Å². The van der Waals surface area contributed by atoms with Gasteiger partial charge in [0.1, 0.15) is 0 Å². The van der Waals surface area contributed by atoms with Gasteiger partial charge in [0.2, 0.25) is 5.91 Å². The second-order valence-corrected chi connectivity index (χ2v) is 6.28. The fourth-order valence-corrected chi connectivity index (χ4v) is 3.63. The first-order chi connectivity index (χ1) is 12.1. The summed E-state index contributed by atoms with van der Waals surface area (Å²) in [6, 6.07) is 18.6. The lowest BCUT2D eigenvalue weighted by Crippen LogP contribution is -2.33. The van der Waals surface area contributed by atoms with Crippen LogP contribution in [0.15, 0.2) is 60.7 Å². The minimum absolute atomic E-state index is 0.0132. The van der Waals surface area contributed by atoms with Crippen molar-refractivity contribution in [3.63, 3.8) is 0 Å². The Morgan fingerprint density at radius 2 is 1.88 bits per heavy atom. The van der Waals surface area contributed by atoms with E-state index in [1.165, 1.54) is 6.07 Å². The molecule has 5 heteroatoms. The van der Waals surface area contributed by atoms with Gasteiger partial charge in [-0.15, -0.1) is 0 Å². The number of anilines is 1. The number of carbonyl (C=O) groups excluding carboxylic acids is 1. The Morgan fingerprint density at radius 1 is 1.08 bits per heavy atom. The lowest BCUT2D eigenvalue weighted by atomic mass is 9.81. The summed E-state index contributed by atoms with van der Waals surface area (Å²) in [5.74, 6) is -0.177. The number of nitro benzene ring substituents is 1. The first-order valence-electron chi connectivity index (χ1n) is 8.09. The molecular weight excluding hydrogens is 316 g/mol. The molecule has 1 aliphatic rings. The van der Waals surface area contributed by atoms with Crippen LogP contribution in [-0.2, 0) is 4.79 Å². The van der Waals surface area contributed by atoms with Crippen molar-refractivity contribution >= 4 is 28.1 Å². The summed E-state index contributed by atoms with van der Waals surface area (Å²) in [7, 11) is 1.78. The third-order valence-electron chi connectivity index (χ3n) is 4.89. The van der Waals surface area contributed by atoms with Crippen LogP contribution in [0.1, 0.15) is 23.5 Å². The normalized spacial score (nSPS) is 16.8. The molecule has 3 aromatic carbocycles. The van der Waals surface area contributed by atoms with Gasteiger partial charge in [0, 0.05) is 37.2 Å². The van der Waals surface area contributed by atoms with Crippen LogP contribution in [-0.4, -0.2) is 17.9 Å². The van der Waals surface area contributed by atoms with Crippen LogP contribution >= 0.6 is 0 Å². The molecule has 0 fully saturated rings. The van der Waals surface area contributed by atoms with Crippen molar-refractivity contribution in [1.82, 2.24) is 0 Å². The second kappa shape index (κ2) is 5.70. The fourth-order valence-electron chi connectivity index (χ4n) is 3.63. The summed E-state index contributed by atoms with van der Waals surface area (Å²) < 4.78 is 0. The van der Waals surface area contributed by atoms with Gasteiger partial charge in [-0.05, 0) is 28.0 Å². The van der Waals surface area contributed by atoms with E-state index >= 15 is 0 Å². The van der Waals surface area contributed by atoms with Gasteiger partial charge in [-0.1, -0.05) is 42.5 Å². The average molecular weight is 332 g/mol. The molecule has 1 amide bonds. The molecule has 124 valence electrons. The molecule has 0 saturated carbocycles. The zero-order valence-electron chi connectivity index (χ0n) is 13.7. The number of carbonyl (C=O) groups is 1. The molecule has 1 aliphatic heterocycles. The average Bonchev–Trinajstić information content (AvgIpc) is 2.64. The highest BCUT2D eigenvalue weighted by atomic mass is 16.6. The third kappa shape index (κ3) is 2.45. The van der Waals surface area contributed by atoms with Crippen LogP contribution in [0, 0.1) is 10.1 Å². The Morgan fingerprint density at radius 3 is 2.68 bits per heavy atom. The van der Waals surface area contributed by atoms with Crippen molar-refractivity contribution in [2.45, 2.75) is 12.3 Å². The lowest BCUT2D eigenvalue weighted by molar-refractivity contribution is -0.384. The molecule has 1 atom stereocenters. The molecule has 1 heterocycles. The van der Waals surface area contributed by atoms with Crippen LogP contribution in [0.2, 0.25) is 0 Å². The van der Waals surface area contributed by atoms with E-state index in [1.54, 1.807) is 24.1 Å². The highest BCUT2D eigenvalue weighted by molar-refractivity contribution is 6.02. The van der Waals surface area contributed by atoms with Crippen molar-refractivity contribution < 1.29 is 9.72 Å². The molecule has 1 unspecified atom stereocenters. The molecule has 0 N–H and O–H groups in total. The smallest absolute Gasteiger partial charge is 0.269 e. The molecule has 0 radical (unpaired) electrons. The van der Waals surface area contributed by atoms with E-state index < -0.39 is 4.92 Å². The van der Waals surface area contributed by atoms with E-state index in [2.05, 4.69) is 0 Å².